The van der Waals surface area contributed by atoms with Crippen molar-refractivity contribution in [3.63, 3.8) is 0 Å². The van der Waals surface area contributed by atoms with Crippen molar-refractivity contribution in [3.05, 3.63) is 33.8 Å². The summed E-state index contributed by atoms with van der Waals surface area (Å²) in [5.41, 5.74) is 1.08. The van der Waals surface area contributed by atoms with E-state index in [-0.39, 0.29) is 6.04 Å². The minimum absolute atomic E-state index is 0.224. The minimum atomic E-state index is 0.224. The first-order valence-electron chi connectivity index (χ1n) is 6.97. The Morgan fingerprint density at radius 3 is 2.89 bits per heavy atom. The van der Waals surface area contributed by atoms with Gasteiger partial charge in [-0.15, -0.1) is 0 Å². The Bertz CT molecular complexity index is 423. The van der Waals surface area contributed by atoms with Gasteiger partial charge in [-0.2, -0.15) is 0 Å². The van der Waals surface area contributed by atoms with Crippen LogP contribution in [0.5, 0.6) is 0 Å². The lowest BCUT2D eigenvalue weighted by atomic mass is 10.0. The molecule has 0 bridgehead atoms. The van der Waals surface area contributed by atoms with Crippen LogP contribution in [-0.4, -0.2) is 31.1 Å². The molecule has 1 aliphatic rings. The van der Waals surface area contributed by atoms with Gasteiger partial charge in [-0.1, -0.05) is 41.8 Å². The molecule has 0 aliphatic carbocycles. The molecule has 106 valence electrons. The van der Waals surface area contributed by atoms with Gasteiger partial charge in [-0.05, 0) is 45.0 Å². The van der Waals surface area contributed by atoms with E-state index >= 15 is 0 Å². The number of nitrogens with one attached hydrogen (secondary N) is 1. The average Bonchev–Trinajstić information content (AvgIpc) is 2.40. The monoisotopic (exact) mass is 300 g/mol. The summed E-state index contributed by atoms with van der Waals surface area (Å²) in [6.45, 7) is 4.35. The van der Waals surface area contributed by atoms with Gasteiger partial charge in [0.1, 0.15) is 0 Å². The van der Waals surface area contributed by atoms with Gasteiger partial charge in [0, 0.05) is 18.6 Å². The summed E-state index contributed by atoms with van der Waals surface area (Å²) in [5.74, 6) is 0. The molecule has 4 heteroatoms. The molecule has 1 saturated heterocycles. The van der Waals surface area contributed by atoms with Crippen LogP contribution in [0.3, 0.4) is 0 Å². The summed E-state index contributed by atoms with van der Waals surface area (Å²) in [5, 5.41) is 4.88. The number of likely N-dealkylation sites (tertiary alicyclic amines) is 1. The summed E-state index contributed by atoms with van der Waals surface area (Å²) >= 11 is 12.3. The van der Waals surface area contributed by atoms with Crippen LogP contribution in [0.15, 0.2) is 18.2 Å². The molecule has 0 radical (unpaired) electrons. The number of hydrogen-bond donors (Lipinski definition) is 1. The number of hydrogen-bond acceptors (Lipinski definition) is 2. The van der Waals surface area contributed by atoms with E-state index in [2.05, 4.69) is 24.2 Å². The molecule has 1 N–H and O–H groups in total. The highest BCUT2D eigenvalue weighted by atomic mass is 35.5. The highest BCUT2D eigenvalue weighted by Gasteiger charge is 2.20. The molecular formula is C15H22Cl2N2. The Hall–Kier alpha value is -0.280. The van der Waals surface area contributed by atoms with E-state index in [1.54, 1.807) is 0 Å². The van der Waals surface area contributed by atoms with Crippen molar-refractivity contribution in [2.45, 2.75) is 38.3 Å². The quantitative estimate of drug-likeness (QED) is 0.899. The van der Waals surface area contributed by atoms with Gasteiger partial charge in [-0.25, -0.2) is 0 Å². The molecule has 2 rings (SSSR count). The predicted octanol–water partition coefficient (Wildman–Crippen LogP) is 4.13. The molecule has 1 aromatic carbocycles. The van der Waals surface area contributed by atoms with Crippen molar-refractivity contribution in [2.75, 3.05) is 20.1 Å². The van der Waals surface area contributed by atoms with Crippen molar-refractivity contribution in [1.82, 2.24) is 10.2 Å². The zero-order valence-corrected chi connectivity index (χ0v) is 13.1. The fourth-order valence-electron chi connectivity index (χ4n) is 2.68. The maximum Gasteiger partial charge on any atom is 0.0639 e. The molecule has 0 saturated carbocycles. The standard InChI is InChI=1S/C15H22Cl2N2/c1-11(13-7-5-8-14(16)15(13)17)18-10-12-6-3-4-9-19(12)2/h5,7-8,11-12,18H,3-4,6,9-10H2,1-2H3. The van der Waals surface area contributed by atoms with Crippen molar-refractivity contribution in [3.8, 4) is 0 Å². The Balaban J connectivity index is 1.93. The Kier molecular flexibility index (Phi) is 5.52. The van der Waals surface area contributed by atoms with Crippen LogP contribution in [0.25, 0.3) is 0 Å². The predicted molar refractivity (Wildman–Crippen MR) is 83.1 cm³/mol. The second-order valence-corrected chi connectivity index (χ2v) is 6.19. The topological polar surface area (TPSA) is 15.3 Å². The van der Waals surface area contributed by atoms with Crippen molar-refractivity contribution in [1.29, 1.82) is 0 Å². The fourth-order valence-corrected chi connectivity index (χ4v) is 3.15. The van der Waals surface area contributed by atoms with Crippen molar-refractivity contribution < 1.29 is 0 Å². The van der Waals surface area contributed by atoms with E-state index in [1.807, 2.05) is 18.2 Å². The molecule has 0 spiro atoms. The molecule has 2 unspecified atom stereocenters. The molecular weight excluding hydrogens is 279 g/mol. The van der Waals surface area contributed by atoms with Gasteiger partial charge in [0.2, 0.25) is 0 Å². The highest BCUT2D eigenvalue weighted by Crippen LogP contribution is 2.29. The van der Waals surface area contributed by atoms with E-state index in [4.69, 9.17) is 23.2 Å². The number of rotatable bonds is 4. The third kappa shape index (κ3) is 3.85. The van der Waals surface area contributed by atoms with Crippen LogP contribution in [-0.2, 0) is 0 Å². The molecule has 1 fully saturated rings. The first-order chi connectivity index (χ1) is 9.09. The molecule has 1 aliphatic heterocycles. The average molecular weight is 301 g/mol. The van der Waals surface area contributed by atoms with Gasteiger partial charge < -0.3 is 10.2 Å². The zero-order valence-electron chi connectivity index (χ0n) is 11.6. The number of likely N-dealkylation sites (N-methyl/N-ethyl adjacent to an activating group) is 1. The zero-order chi connectivity index (χ0) is 13.8. The number of nitrogens with zero attached hydrogens (tertiary/aromatic N) is 1. The minimum Gasteiger partial charge on any atom is -0.309 e. The molecule has 1 aromatic rings. The Labute approximate surface area is 126 Å². The lowest BCUT2D eigenvalue weighted by Crippen LogP contribution is -2.43. The number of halogens is 2. The second-order valence-electron chi connectivity index (χ2n) is 5.40. The van der Waals surface area contributed by atoms with Crippen molar-refractivity contribution >= 4 is 23.2 Å². The normalized spacial score (nSPS) is 22.4. The van der Waals surface area contributed by atoms with E-state index < -0.39 is 0 Å². The van der Waals surface area contributed by atoms with Gasteiger partial charge >= 0.3 is 0 Å². The highest BCUT2D eigenvalue weighted by molar-refractivity contribution is 6.42. The Morgan fingerprint density at radius 2 is 2.16 bits per heavy atom. The summed E-state index contributed by atoms with van der Waals surface area (Å²) < 4.78 is 0. The third-order valence-electron chi connectivity index (χ3n) is 4.03. The van der Waals surface area contributed by atoms with Crippen molar-refractivity contribution in [2.24, 2.45) is 0 Å². The fraction of sp³-hybridized carbons (Fsp3) is 0.600. The summed E-state index contributed by atoms with van der Waals surface area (Å²) in [7, 11) is 2.21. The number of piperidine rings is 1. The van der Waals surface area contributed by atoms with Gasteiger partial charge in [-0.3, -0.25) is 0 Å². The molecule has 0 amide bonds. The van der Waals surface area contributed by atoms with Crippen LogP contribution >= 0.6 is 23.2 Å². The van der Waals surface area contributed by atoms with Crippen LogP contribution in [0.1, 0.15) is 37.8 Å². The van der Waals surface area contributed by atoms with Crippen LogP contribution < -0.4 is 5.32 Å². The lowest BCUT2D eigenvalue weighted by Gasteiger charge is -2.33. The second kappa shape index (κ2) is 6.94. The molecule has 2 atom stereocenters. The first kappa shape index (κ1) is 15.1. The molecule has 0 aromatic heterocycles. The van der Waals surface area contributed by atoms with Crippen LogP contribution in [0.4, 0.5) is 0 Å². The molecule has 19 heavy (non-hydrogen) atoms. The van der Waals surface area contributed by atoms with Gasteiger partial charge in [0.25, 0.3) is 0 Å². The molecule has 1 heterocycles. The van der Waals surface area contributed by atoms with E-state index in [1.165, 1.54) is 25.8 Å². The van der Waals surface area contributed by atoms with Crippen LogP contribution in [0, 0.1) is 0 Å². The maximum atomic E-state index is 6.26. The lowest BCUT2D eigenvalue weighted by molar-refractivity contribution is 0.178. The van der Waals surface area contributed by atoms with E-state index in [0.29, 0.717) is 16.1 Å². The largest absolute Gasteiger partial charge is 0.309 e. The summed E-state index contributed by atoms with van der Waals surface area (Å²) in [4.78, 5) is 2.45. The summed E-state index contributed by atoms with van der Waals surface area (Å²) in [6.07, 6.45) is 3.94. The van der Waals surface area contributed by atoms with Crippen LogP contribution in [0.2, 0.25) is 10.0 Å². The third-order valence-corrected chi connectivity index (χ3v) is 4.86. The SMILES string of the molecule is CC(NCC1CCCCN1C)c1cccc(Cl)c1Cl. The maximum absolute atomic E-state index is 6.26. The summed E-state index contributed by atoms with van der Waals surface area (Å²) in [6, 6.07) is 6.68. The van der Waals surface area contributed by atoms with E-state index in [9.17, 15) is 0 Å². The Morgan fingerprint density at radius 1 is 1.37 bits per heavy atom. The van der Waals surface area contributed by atoms with E-state index in [0.717, 1.165) is 12.1 Å². The number of benzene rings is 1. The van der Waals surface area contributed by atoms with Gasteiger partial charge in [0.05, 0.1) is 10.0 Å². The first-order valence-corrected chi connectivity index (χ1v) is 7.72. The smallest absolute Gasteiger partial charge is 0.0639 e. The molecule has 2 nitrogen and oxygen atoms in total. The van der Waals surface area contributed by atoms with Gasteiger partial charge in [0.15, 0.2) is 0 Å².